The smallest absolute Gasteiger partial charge is 0.305 e. The van der Waals surface area contributed by atoms with Crippen LogP contribution in [0.2, 0.25) is 0 Å². The van der Waals surface area contributed by atoms with E-state index in [-0.39, 0.29) is 18.5 Å². The molecule has 1 amide bonds. The second kappa shape index (κ2) is 75.5. The highest BCUT2D eigenvalue weighted by atomic mass is 16.5. The SMILES string of the molecule is CCCCCC/C=C\C/C=C\CCCCCCCCCC(=O)OCCCCCCCCCCCCCCCCCCCCCCCCCCCCCCCCCC(=O)NC(CO)C(O)/C=C/CCCCCCCCCCCCCCCCCCCC. The molecule has 0 radical (unpaired) electrons. The van der Waals surface area contributed by atoms with E-state index in [0.29, 0.717) is 19.4 Å². The first-order chi connectivity index (χ1) is 42.5. The van der Waals surface area contributed by atoms with Crippen molar-refractivity contribution in [1.29, 1.82) is 0 Å². The summed E-state index contributed by atoms with van der Waals surface area (Å²) in [5.41, 5.74) is 0. The van der Waals surface area contributed by atoms with Crippen molar-refractivity contribution in [1.82, 2.24) is 5.32 Å². The van der Waals surface area contributed by atoms with Gasteiger partial charge in [0.1, 0.15) is 0 Å². The van der Waals surface area contributed by atoms with Gasteiger partial charge in [0.25, 0.3) is 0 Å². The molecule has 0 aliphatic heterocycles. The van der Waals surface area contributed by atoms with Gasteiger partial charge in [-0.05, 0) is 64.2 Å². The third kappa shape index (κ3) is 71.2. The number of rotatable bonds is 74. The fourth-order valence-corrected chi connectivity index (χ4v) is 12.4. The topological polar surface area (TPSA) is 95.9 Å². The Morgan fingerprint density at radius 3 is 0.895 bits per heavy atom. The van der Waals surface area contributed by atoms with Gasteiger partial charge in [-0.1, -0.05) is 397 Å². The molecule has 0 spiro atoms. The Labute approximate surface area is 538 Å². The molecule has 0 fully saturated rings. The van der Waals surface area contributed by atoms with Crippen molar-refractivity contribution >= 4 is 11.9 Å². The lowest BCUT2D eigenvalue weighted by molar-refractivity contribution is -0.143. The summed E-state index contributed by atoms with van der Waals surface area (Å²) in [5.74, 6) is -0.0458. The Kier molecular flexibility index (Phi) is 73.9. The van der Waals surface area contributed by atoms with E-state index in [2.05, 4.69) is 43.5 Å². The molecular formula is C80H153NO5. The molecule has 508 valence electrons. The lowest BCUT2D eigenvalue weighted by Crippen LogP contribution is -2.45. The van der Waals surface area contributed by atoms with Gasteiger partial charge in [-0.15, -0.1) is 0 Å². The highest BCUT2D eigenvalue weighted by molar-refractivity contribution is 5.76. The molecule has 6 heteroatoms. The van der Waals surface area contributed by atoms with Gasteiger partial charge in [0.2, 0.25) is 5.91 Å². The van der Waals surface area contributed by atoms with E-state index in [1.807, 2.05) is 6.08 Å². The zero-order valence-corrected chi connectivity index (χ0v) is 58.3. The van der Waals surface area contributed by atoms with Crippen LogP contribution in [0.5, 0.6) is 0 Å². The third-order valence-corrected chi connectivity index (χ3v) is 18.4. The summed E-state index contributed by atoms with van der Waals surface area (Å²) in [6, 6.07) is -0.626. The monoisotopic (exact) mass is 1210 g/mol. The molecule has 0 aromatic carbocycles. The Morgan fingerprint density at radius 1 is 0.326 bits per heavy atom. The summed E-state index contributed by atoms with van der Waals surface area (Å²) < 4.78 is 5.51. The number of amides is 1. The van der Waals surface area contributed by atoms with E-state index < -0.39 is 12.1 Å². The van der Waals surface area contributed by atoms with Gasteiger partial charge in [-0.2, -0.15) is 0 Å². The molecule has 0 aromatic heterocycles. The number of aliphatic hydroxyl groups excluding tert-OH is 2. The first kappa shape index (κ1) is 84.1. The van der Waals surface area contributed by atoms with Gasteiger partial charge >= 0.3 is 5.97 Å². The third-order valence-electron chi connectivity index (χ3n) is 18.4. The van der Waals surface area contributed by atoms with Crippen molar-refractivity contribution in [2.24, 2.45) is 0 Å². The van der Waals surface area contributed by atoms with E-state index in [9.17, 15) is 19.8 Å². The van der Waals surface area contributed by atoms with Gasteiger partial charge in [0.05, 0.1) is 25.4 Å². The van der Waals surface area contributed by atoms with Crippen molar-refractivity contribution < 1.29 is 24.5 Å². The molecule has 86 heavy (non-hydrogen) atoms. The van der Waals surface area contributed by atoms with Crippen LogP contribution in [0.1, 0.15) is 438 Å². The standard InChI is InChI=1S/C80H153NO5/c1-3-5-7-9-11-13-15-17-19-21-23-37-40-44-48-52-56-60-64-68-72-78(83)77(76-82)81-79(84)73-69-65-61-57-53-49-45-41-38-35-33-31-29-27-25-24-26-28-30-32-34-36-39-43-47-51-55-59-63-67-71-75-86-80(85)74-70-66-62-58-54-50-46-42-22-20-18-16-14-12-10-8-6-4-2/h14,16,20,22,68,72,77-78,82-83H,3-13,15,17-19,21,23-67,69-71,73-76H2,1-2H3,(H,81,84)/b16-14-,22-20-,72-68+. The van der Waals surface area contributed by atoms with Crippen LogP contribution < -0.4 is 5.32 Å². The predicted molar refractivity (Wildman–Crippen MR) is 379 cm³/mol. The van der Waals surface area contributed by atoms with Crippen LogP contribution in [-0.4, -0.2) is 47.4 Å². The first-order valence-electron chi connectivity index (χ1n) is 39.3. The molecule has 2 atom stereocenters. The molecule has 3 N–H and O–H groups in total. The van der Waals surface area contributed by atoms with Crippen molar-refractivity contribution in [2.75, 3.05) is 13.2 Å². The number of aliphatic hydroxyl groups is 2. The lowest BCUT2D eigenvalue weighted by atomic mass is 10.0. The fourth-order valence-electron chi connectivity index (χ4n) is 12.4. The number of allylic oxidation sites excluding steroid dienone is 5. The fraction of sp³-hybridized carbons (Fsp3) is 0.900. The number of carbonyl (C=O) groups excluding carboxylic acids is 2. The van der Waals surface area contributed by atoms with Crippen LogP contribution in [0, 0.1) is 0 Å². The first-order valence-corrected chi connectivity index (χ1v) is 39.3. The average molecular weight is 1210 g/mol. The number of nitrogens with one attached hydrogen (secondary N) is 1. The number of carbonyl (C=O) groups is 2. The molecule has 0 saturated carbocycles. The van der Waals surface area contributed by atoms with Crippen molar-refractivity contribution in [3.8, 4) is 0 Å². The summed E-state index contributed by atoms with van der Waals surface area (Å²) >= 11 is 0. The minimum atomic E-state index is -0.843. The minimum absolute atomic E-state index is 0.0138. The Bertz CT molecular complexity index is 1390. The highest BCUT2D eigenvalue weighted by Gasteiger charge is 2.18. The molecule has 6 nitrogen and oxygen atoms in total. The quantitative estimate of drug-likeness (QED) is 0.0320. The Hall–Kier alpha value is -1.92. The molecule has 0 heterocycles. The van der Waals surface area contributed by atoms with Gasteiger partial charge < -0.3 is 20.3 Å². The van der Waals surface area contributed by atoms with Crippen molar-refractivity contribution in [3.05, 3.63) is 36.5 Å². The van der Waals surface area contributed by atoms with Gasteiger partial charge in [0, 0.05) is 12.8 Å². The van der Waals surface area contributed by atoms with E-state index in [1.165, 1.54) is 360 Å². The number of hydrogen-bond acceptors (Lipinski definition) is 5. The van der Waals surface area contributed by atoms with Crippen LogP contribution in [-0.2, 0) is 14.3 Å². The largest absolute Gasteiger partial charge is 0.466 e. The van der Waals surface area contributed by atoms with Gasteiger partial charge in [-0.3, -0.25) is 9.59 Å². The Morgan fingerprint density at radius 2 is 0.581 bits per heavy atom. The average Bonchev–Trinajstić information content (AvgIpc) is 3.54. The maximum Gasteiger partial charge on any atom is 0.305 e. The lowest BCUT2D eigenvalue weighted by Gasteiger charge is -2.20. The maximum absolute atomic E-state index is 12.5. The second-order valence-electron chi connectivity index (χ2n) is 27.0. The molecular weight excluding hydrogens is 1050 g/mol. The summed E-state index contributed by atoms with van der Waals surface area (Å²) in [5, 5.41) is 23.3. The molecule has 0 aromatic rings. The van der Waals surface area contributed by atoms with Crippen LogP contribution in [0.4, 0.5) is 0 Å². The van der Waals surface area contributed by atoms with E-state index in [1.54, 1.807) is 6.08 Å². The normalized spacial score (nSPS) is 12.7. The van der Waals surface area contributed by atoms with Crippen LogP contribution in [0.3, 0.4) is 0 Å². The second-order valence-corrected chi connectivity index (χ2v) is 27.0. The van der Waals surface area contributed by atoms with Crippen molar-refractivity contribution in [2.45, 2.75) is 450 Å². The van der Waals surface area contributed by atoms with Crippen LogP contribution >= 0.6 is 0 Å². The zero-order chi connectivity index (χ0) is 62.0. The maximum atomic E-state index is 12.5. The van der Waals surface area contributed by atoms with Crippen LogP contribution in [0.15, 0.2) is 36.5 Å². The minimum Gasteiger partial charge on any atom is -0.466 e. The van der Waals surface area contributed by atoms with Crippen molar-refractivity contribution in [3.63, 3.8) is 0 Å². The number of esters is 1. The van der Waals surface area contributed by atoms with E-state index >= 15 is 0 Å². The summed E-state index contributed by atoms with van der Waals surface area (Å²) in [7, 11) is 0. The molecule has 0 saturated heterocycles. The summed E-state index contributed by atoms with van der Waals surface area (Å²) in [6.45, 7) is 4.93. The number of ether oxygens (including phenoxy) is 1. The molecule has 2 unspecified atom stereocenters. The van der Waals surface area contributed by atoms with Gasteiger partial charge in [-0.25, -0.2) is 0 Å². The van der Waals surface area contributed by atoms with Gasteiger partial charge in [0.15, 0.2) is 0 Å². The molecule has 0 rings (SSSR count). The summed E-state index contributed by atoms with van der Waals surface area (Å²) in [6.07, 6.45) is 98.3. The predicted octanol–water partition coefficient (Wildman–Crippen LogP) is 25.8. The summed E-state index contributed by atoms with van der Waals surface area (Å²) in [4.78, 5) is 24.7. The van der Waals surface area contributed by atoms with Crippen LogP contribution in [0.25, 0.3) is 0 Å². The van der Waals surface area contributed by atoms with E-state index in [4.69, 9.17) is 4.74 Å². The molecule has 0 aliphatic rings. The zero-order valence-electron chi connectivity index (χ0n) is 58.3. The number of hydrogen-bond donors (Lipinski definition) is 3. The van der Waals surface area contributed by atoms with E-state index in [0.717, 1.165) is 51.4 Å². The molecule has 0 aliphatic carbocycles. The highest BCUT2D eigenvalue weighted by Crippen LogP contribution is 2.20. The Balaban J connectivity index is 3.35. The number of unbranched alkanes of at least 4 members (excludes halogenated alkanes) is 59. The molecule has 0 bridgehead atoms.